The number of rotatable bonds is 4. The van der Waals surface area contributed by atoms with Gasteiger partial charge in [-0.25, -0.2) is 4.79 Å². The van der Waals surface area contributed by atoms with E-state index in [1.807, 2.05) is 30.3 Å². The lowest BCUT2D eigenvalue weighted by atomic mass is 9.84. The predicted molar refractivity (Wildman–Crippen MR) is 96.4 cm³/mol. The van der Waals surface area contributed by atoms with Gasteiger partial charge in [0, 0.05) is 29.4 Å². The lowest BCUT2D eigenvalue weighted by Crippen LogP contribution is -2.43. The molecule has 2 aromatic carbocycles. The maximum Gasteiger partial charge on any atom is 0.339 e. The Labute approximate surface area is 153 Å². The van der Waals surface area contributed by atoms with Crippen molar-refractivity contribution in [2.24, 2.45) is 0 Å². The summed E-state index contributed by atoms with van der Waals surface area (Å²) in [5, 5.41) is 14.3. The van der Waals surface area contributed by atoms with Gasteiger partial charge in [-0.2, -0.15) is 0 Å². The zero-order valence-electron chi connectivity index (χ0n) is 13.4. The van der Waals surface area contributed by atoms with E-state index in [2.05, 4.69) is 21.2 Å². The van der Waals surface area contributed by atoms with Gasteiger partial charge in [0.05, 0.1) is 10.5 Å². The Morgan fingerprint density at radius 1 is 1.16 bits per heavy atom. The van der Waals surface area contributed by atoms with Crippen LogP contribution in [0.2, 0.25) is 0 Å². The largest absolute Gasteiger partial charge is 0.450 e. The van der Waals surface area contributed by atoms with Crippen molar-refractivity contribution >= 4 is 27.6 Å². The van der Waals surface area contributed by atoms with Crippen molar-refractivity contribution < 1.29 is 14.5 Å². The Balaban J connectivity index is 1.93. The quantitative estimate of drug-likeness (QED) is 0.476. The van der Waals surface area contributed by atoms with Crippen LogP contribution in [-0.4, -0.2) is 24.0 Å². The van der Waals surface area contributed by atoms with Crippen LogP contribution in [0.1, 0.15) is 28.8 Å². The summed E-state index contributed by atoms with van der Waals surface area (Å²) in [5.41, 5.74) is 0.227. The highest BCUT2D eigenvalue weighted by Crippen LogP contribution is 2.36. The molecule has 130 valence electrons. The number of piperidine rings is 1. The SMILES string of the molecule is O=C(OC1(c2ccccc2)CCNCC1)c1cc(Br)cc([N+](=O)[O-])c1. The molecular weight excluding hydrogens is 388 g/mol. The second-order valence-electron chi connectivity index (χ2n) is 5.96. The highest BCUT2D eigenvalue weighted by molar-refractivity contribution is 9.10. The highest BCUT2D eigenvalue weighted by atomic mass is 79.9. The van der Waals surface area contributed by atoms with E-state index in [-0.39, 0.29) is 11.3 Å². The van der Waals surface area contributed by atoms with Gasteiger partial charge in [0.2, 0.25) is 0 Å². The summed E-state index contributed by atoms with van der Waals surface area (Å²) in [7, 11) is 0. The van der Waals surface area contributed by atoms with Crippen LogP contribution < -0.4 is 5.32 Å². The molecule has 0 aliphatic carbocycles. The summed E-state index contributed by atoms with van der Waals surface area (Å²) < 4.78 is 6.38. The van der Waals surface area contributed by atoms with Crippen molar-refractivity contribution in [1.29, 1.82) is 0 Å². The average molecular weight is 405 g/mol. The molecule has 0 radical (unpaired) electrons. The molecule has 6 nitrogen and oxygen atoms in total. The van der Waals surface area contributed by atoms with Gasteiger partial charge in [0.25, 0.3) is 5.69 Å². The van der Waals surface area contributed by atoms with E-state index in [4.69, 9.17) is 4.74 Å². The molecule has 1 N–H and O–H groups in total. The third-order valence-corrected chi connectivity index (χ3v) is 4.79. The number of esters is 1. The van der Waals surface area contributed by atoms with Gasteiger partial charge in [0.1, 0.15) is 5.60 Å². The molecule has 25 heavy (non-hydrogen) atoms. The summed E-state index contributed by atoms with van der Waals surface area (Å²) >= 11 is 3.21. The number of benzene rings is 2. The lowest BCUT2D eigenvalue weighted by Gasteiger charge is -2.37. The zero-order valence-corrected chi connectivity index (χ0v) is 15.0. The molecule has 0 unspecified atom stereocenters. The van der Waals surface area contributed by atoms with E-state index in [0.29, 0.717) is 17.3 Å². The fourth-order valence-electron chi connectivity index (χ4n) is 3.06. The van der Waals surface area contributed by atoms with Gasteiger partial charge < -0.3 is 10.1 Å². The molecule has 1 heterocycles. The molecule has 0 atom stereocenters. The van der Waals surface area contributed by atoms with Crippen molar-refractivity contribution in [1.82, 2.24) is 5.32 Å². The summed E-state index contributed by atoms with van der Waals surface area (Å²) in [6.45, 7) is 1.47. The van der Waals surface area contributed by atoms with E-state index in [1.54, 1.807) is 0 Å². The Morgan fingerprint density at radius 3 is 2.48 bits per heavy atom. The van der Waals surface area contributed by atoms with Crippen LogP contribution >= 0.6 is 15.9 Å². The molecule has 3 rings (SSSR count). The zero-order chi connectivity index (χ0) is 17.9. The molecule has 0 bridgehead atoms. The fourth-order valence-corrected chi connectivity index (χ4v) is 3.54. The standard InChI is InChI=1S/C18H17BrN2O4/c19-15-10-13(11-16(12-15)21(23)24)17(22)25-18(6-8-20-9-7-18)14-4-2-1-3-5-14/h1-5,10-12,20H,6-9H2. The van der Waals surface area contributed by atoms with Crippen LogP contribution in [0.15, 0.2) is 53.0 Å². The molecule has 1 aliphatic rings. The van der Waals surface area contributed by atoms with Crippen molar-refractivity contribution in [3.8, 4) is 0 Å². The topological polar surface area (TPSA) is 81.5 Å². The normalized spacial score (nSPS) is 16.2. The van der Waals surface area contributed by atoms with Crippen molar-refractivity contribution in [3.63, 3.8) is 0 Å². The van der Waals surface area contributed by atoms with Crippen LogP contribution in [0.4, 0.5) is 5.69 Å². The van der Waals surface area contributed by atoms with E-state index in [9.17, 15) is 14.9 Å². The second-order valence-corrected chi connectivity index (χ2v) is 6.87. The van der Waals surface area contributed by atoms with Crippen molar-refractivity contribution in [2.45, 2.75) is 18.4 Å². The smallest absolute Gasteiger partial charge is 0.339 e. The van der Waals surface area contributed by atoms with E-state index in [1.165, 1.54) is 18.2 Å². The molecule has 0 aromatic heterocycles. The van der Waals surface area contributed by atoms with E-state index < -0.39 is 16.5 Å². The maximum absolute atomic E-state index is 12.7. The first-order valence-corrected chi connectivity index (χ1v) is 8.74. The number of nitrogens with one attached hydrogen (secondary N) is 1. The molecule has 0 spiro atoms. The molecule has 0 amide bonds. The summed E-state index contributed by atoms with van der Waals surface area (Å²) in [6, 6.07) is 13.8. The van der Waals surface area contributed by atoms with Gasteiger partial charge in [0.15, 0.2) is 0 Å². The van der Waals surface area contributed by atoms with Crippen LogP contribution in [0, 0.1) is 10.1 Å². The van der Waals surface area contributed by atoms with Crippen LogP contribution in [0.3, 0.4) is 0 Å². The number of halogens is 1. The minimum absolute atomic E-state index is 0.152. The Kier molecular flexibility index (Phi) is 5.15. The first-order valence-electron chi connectivity index (χ1n) is 7.95. The van der Waals surface area contributed by atoms with Crippen LogP contribution in [0.5, 0.6) is 0 Å². The fraction of sp³-hybridized carbons (Fsp3) is 0.278. The summed E-state index contributed by atoms with van der Waals surface area (Å²) in [6.07, 6.45) is 1.30. The number of nitro groups is 1. The Morgan fingerprint density at radius 2 is 1.84 bits per heavy atom. The monoisotopic (exact) mass is 404 g/mol. The summed E-state index contributed by atoms with van der Waals surface area (Å²) in [5.74, 6) is -0.560. The second kappa shape index (κ2) is 7.33. The number of nitro benzene ring substituents is 1. The number of carbonyl (C=O) groups is 1. The van der Waals surface area contributed by atoms with Crippen molar-refractivity contribution in [3.05, 3.63) is 74.2 Å². The van der Waals surface area contributed by atoms with Gasteiger partial charge in [-0.1, -0.05) is 46.3 Å². The third kappa shape index (κ3) is 3.88. The van der Waals surface area contributed by atoms with Crippen LogP contribution in [0.25, 0.3) is 0 Å². The van der Waals surface area contributed by atoms with Gasteiger partial charge >= 0.3 is 5.97 Å². The minimum Gasteiger partial charge on any atom is -0.450 e. The van der Waals surface area contributed by atoms with E-state index >= 15 is 0 Å². The molecule has 0 saturated carbocycles. The molecule has 1 aliphatic heterocycles. The van der Waals surface area contributed by atoms with Crippen molar-refractivity contribution in [2.75, 3.05) is 13.1 Å². The Hall–Kier alpha value is -2.25. The predicted octanol–water partition coefficient (Wildman–Crippen LogP) is 3.79. The first kappa shape index (κ1) is 17.6. The number of hydrogen-bond donors (Lipinski definition) is 1. The van der Waals surface area contributed by atoms with Gasteiger partial charge in [-0.3, -0.25) is 10.1 Å². The highest BCUT2D eigenvalue weighted by Gasteiger charge is 2.38. The number of hydrogen-bond acceptors (Lipinski definition) is 5. The molecule has 7 heteroatoms. The lowest BCUT2D eigenvalue weighted by molar-refractivity contribution is -0.385. The van der Waals surface area contributed by atoms with Gasteiger partial charge in [-0.15, -0.1) is 0 Å². The molecular formula is C18H17BrN2O4. The van der Waals surface area contributed by atoms with Gasteiger partial charge in [-0.05, 0) is 24.7 Å². The third-order valence-electron chi connectivity index (χ3n) is 4.33. The molecule has 1 fully saturated rings. The number of carbonyl (C=O) groups excluding carboxylic acids is 1. The Bertz CT molecular complexity index is 789. The van der Waals surface area contributed by atoms with E-state index in [0.717, 1.165) is 18.7 Å². The maximum atomic E-state index is 12.7. The number of non-ortho nitro benzene ring substituents is 1. The number of nitrogens with zero attached hydrogens (tertiary/aromatic N) is 1. The number of ether oxygens (including phenoxy) is 1. The molecule has 2 aromatic rings. The minimum atomic E-state index is -0.722. The average Bonchev–Trinajstić information content (AvgIpc) is 2.62. The van der Waals surface area contributed by atoms with Crippen LogP contribution in [-0.2, 0) is 10.3 Å². The molecule has 1 saturated heterocycles. The first-order chi connectivity index (χ1) is 12.0. The summed E-state index contributed by atoms with van der Waals surface area (Å²) in [4.78, 5) is 23.2.